The Bertz CT molecular complexity index is 1410. The lowest BCUT2D eigenvalue weighted by Gasteiger charge is -2.24. The first kappa shape index (κ1) is 24.3. The van der Waals surface area contributed by atoms with Gasteiger partial charge in [0.05, 0.1) is 11.2 Å². The van der Waals surface area contributed by atoms with Gasteiger partial charge in [-0.25, -0.2) is 4.98 Å². The van der Waals surface area contributed by atoms with Crippen molar-refractivity contribution in [3.63, 3.8) is 0 Å². The zero-order chi connectivity index (χ0) is 25.5. The van der Waals surface area contributed by atoms with E-state index in [9.17, 15) is 18.0 Å². The zero-order valence-electron chi connectivity index (χ0n) is 18.5. The molecule has 4 rings (SSSR count). The Hall–Kier alpha value is -3.87. The van der Waals surface area contributed by atoms with Crippen LogP contribution in [0.1, 0.15) is 40.2 Å². The van der Waals surface area contributed by atoms with E-state index in [1.165, 1.54) is 12.1 Å². The predicted octanol–water partition coefficient (Wildman–Crippen LogP) is 3.74. The number of nitrogen functional groups attached to an aromatic ring is 1. The van der Waals surface area contributed by atoms with E-state index in [0.717, 1.165) is 24.0 Å². The van der Waals surface area contributed by atoms with Crippen molar-refractivity contribution in [2.75, 3.05) is 11.1 Å². The third-order valence-corrected chi connectivity index (χ3v) is 6.46. The highest BCUT2D eigenvalue weighted by atomic mass is 32.1. The summed E-state index contributed by atoms with van der Waals surface area (Å²) in [6.07, 6.45) is -1.80. The van der Waals surface area contributed by atoms with Gasteiger partial charge >= 0.3 is 6.18 Å². The van der Waals surface area contributed by atoms with Crippen LogP contribution < -0.4 is 16.8 Å². The summed E-state index contributed by atoms with van der Waals surface area (Å²) in [4.78, 5) is 17.3. The molecule has 0 fully saturated rings. The molecule has 0 bridgehead atoms. The minimum absolute atomic E-state index is 0.0203. The summed E-state index contributed by atoms with van der Waals surface area (Å²) in [6.45, 7) is 1.72. The summed E-state index contributed by atoms with van der Waals surface area (Å²) in [5, 5.41) is 27.7. The van der Waals surface area contributed by atoms with E-state index in [2.05, 4.69) is 20.5 Å². The van der Waals surface area contributed by atoms with E-state index < -0.39 is 29.1 Å². The number of nitrogens with one attached hydrogen (secondary N) is 3. The number of halogens is 3. The maximum Gasteiger partial charge on any atom is 0.433 e. The van der Waals surface area contributed by atoms with E-state index in [1.807, 2.05) is 0 Å². The number of fused-ring (bicyclic) bond motifs is 3. The number of carbonyl (C=O) groups is 1. The van der Waals surface area contributed by atoms with Gasteiger partial charge in [-0.05, 0) is 55.9 Å². The van der Waals surface area contributed by atoms with Gasteiger partial charge in [-0.15, -0.1) is 10.2 Å². The number of nitrogens with two attached hydrogens (primary N) is 2. The lowest BCUT2D eigenvalue weighted by atomic mass is 9.83. The molecule has 0 spiro atoms. The summed E-state index contributed by atoms with van der Waals surface area (Å²) < 4.78 is 40.1. The van der Waals surface area contributed by atoms with Crippen LogP contribution in [0.4, 0.5) is 24.0 Å². The van der Waals surface area contributed by atoms with Gasteiger partial charge in [-0.3, -0.25) is 20.9 Å². The van der Waals surface area contributed by atoms with Gasteiger partial charge < -0.3 is 11.5 Å². The maximum absolute atomic E-state index is 13.4. The number of allylic oxidation sites excluding steroid dienone is 1. The van der Waals surface area contributed by atoms with Crippen molar-refractivity contribution in [1.82, 2.24) is 15.2 Å². The van der Waals surface area contributed by atoms with Crippen LogP contribution in [0.2, 0.25) is 0 Å². The fraction of sp³-hybridized carbons (Fsp3) is 0.273. The highest BCUT2D eigenvalue weighted by molar-refractivity contribution is 7.15. The quantitative estimate of drug-likeness (QED) is 0.263. The molecule has 2 aromatic heterocycles. The predicted molar refractivity (Wildman–Crippen MR) is 129 cm³/mol. The minimum atomic E-state index is -4.90. The Morgan fingerprint density at radius 1 is 1.17 bits per heavy atom. The summed E-state index contributed by atoms with van der Waals surface area (Å²) in [5.74, 6) is -0.754. The van der Waals surface area contributed by atoms with Crippen molar-refractivity contribution in [2.45, 2.75) is 38.8 Å². The summed E-state index contributed by atoms with van der Waals surface area (Å²) in [5.41, 5.74) is 10.9. The number of rotatable bonds is 5. The van der Waals surface area contributed by atoms with Gasteiger partial charge in [0.15, 0.2) is 0 Å². The number of aryl methyl sites for hydroxylation is 2. The number of aromatic nitrogens is 3. The van der Waals surface area contributed by atoms with E-state index in [4.69, 9.17) is 22.3 Å². The number of carbonyl (C=O) groups excluding carboxylic acids is 1. The van der Waals surface area contributed by atoms with Crippen molar-refractivity contribution >= 4 is 56.0 Å². The Kier molecular flexibility index (Phi) is 6.28. The average Bonchev–Trinajstić information content (AvgIpc) is 3.22. The lowest BCUT2D eigenvalue weighted by Crippen LogP contribution is -2.26. The van der Waals surface area contributed by atoms with Gasteiger partial charge in [0, 0.05) is 28.4 Å². The maximum atomic E-state index is 13.4. The molecule has 1 aliphatic rings. The molecule has 13 heteroatoms. The number of nitrogens with zero attached hydrogens (tertiary/aromatic N) is 3. The SMILES string of the molecule is Cc1nnc(NC(=O)C(=N)c2c(N)ccc3nc(/C(=C/N)C(=N)C(F)(F)F)c4c(c23)CCCC4)s1. The van der Waals surface area contributed by atoms with Crippen LogP contribution in [0.15, 0.2) is 18.3 Å². The van der Waals surface area contributed by atoms with E-state index in [0.29, 0.717) is 40.8 Å². The van der Waals surface area contributed by atoms with Crippen LogP contribution in [-0.2, 0) is 17.6 Å². The molecule has 1 aliphatic carbocycles. The second kappa shape index (κ2) is 9.06. The van der Waals surface area contributed by atoms with Crippen molar-refractivity contribution in [2.24, 2.45) is 5.73 Å². The van der Waals surface area contributed by atoms with Crippen LogP contribution in [0.3, 0.4) is 0 Å². The molecule has 3 aromatic rings. The first-order valence-electron chi connectivity index (χ1n) is 10.6. The molecule has 182 valence electrons. The third kappa shape index (κ3) is 4.46. The standard InChI is InChI=1S/C22H21F3N8OS/c1-9-32-33-21(35-9)31-20(34)17(28)16-13(27)6-7-14-15(16)10-4-2-3-5-11(10)18(30-14)12(8-26)19(29)22(23,24)25/h6-8,28-29H,2-5,26-27H2,1H3,(H,31,33,34)/b12-8-,28-17?,29-19?. The topological polar surface area (TPSA) is 168 Å². The Balaban J connectivity index is 1.90. The molecular formula is C22H21F3N8OS. The molecule has 1 amide bonds. The number of alkyl halides is 3. The Labute approximate surface area is 201 Å². The molecule has 0 aliphatic heterocycles. The number of pyridine rings is 1. The van der Waals surface area contributed by atoms with Gasteiger partial charge in [-0.2, -0.15) is 13.2 Å². The summed E-state index contributed by atoms with van der Waals surface area (Å²) >= 11 is 1.15. The van der Waals surface area contributed by atoms with Crippen molar-refractivity contribution in [3.8, 4) is 0 Å². The highest BCUT2D eigenvalue weighted by Crippen LogP contribution is 2.38. The molecule has 9 nitrogen and oxygen atoms in total. The highest BCUT2D eigenvalue weighted by Gasteiger charge is 2.39. The van der Waals surface area contributed by atoms with Gasteiger partial charge in [0.1, 0.15) is 16.4 Å². The van der Waals surface area contributed by atoms with Crippen LogP contribution >= 0.6 is 11.3 Å². The van der Waals surface area contributed by atoms with Crippen molar-refractivity contribution in [1.29, 1.82) is 10.8 Å². The second-order valence-corrected chi connectivity index (χ2v) is 9.14. The summed E-state index contributed by atoms with van der Waals surface area (Å²) in [7, 11) is 0. The van der Waals surface area contributed by atoms with Gasteiger partial charge in [0.2, 0.25) is 5.13 Å². The molecule has 0 atom stereocenters. The number of anilines is 2. The van der Waals surface area contributed by atoms with Crippen LogP contribution in [0, 0.1) is 17.7 Å². The van der Waals surface area contributed by atoms with Gasteiger partial charge in [-0.1, -0.05) is 11.3 Å². The molecule has 1 aromatic carbocycles. The third-order valence-electron chi connectivity index (χ3n) is 5.70. The molecule has 35 heavy (non-hydrogen) atoms. The van der Waals surface area contributed by atoms with Crippen molar-refractivity contribution in [3.05, 3.63) is 45.7 Å². The molecule has 7 N–H and O–H groups in total. The van der Waals surface area contributed by atoms with Crippen LogP contribution in [0.5, 0.6) is 0 Å². The summed E-state index contributed by atoms with van der Waals surface area (Å²) in [6, 6.07) is 2.97. The molecule has 0 radical (unpaired) electrons. The number of hydrogen-bond donors (Lipinski definition) is 5. The lowest BCUT2D eigenvalue weighted by molar-refractivity contribution is -0.110. The number of amides is 1. The first-order valence-corrected chi connectivity index (χ1v) is 11.4. The Morgan fingerprint density at radius 2 is 1.86 bits per heavy atom. The molecule has 2 heterocycles. The molecule has 0 saturated heterocycles. The fourth-order valence-corrected chi connectivity index (χ4v) is 4.77. The van der Waals surface area contributed by atoms with Crippen molar-refractivity contribution < 1.29 is 18.0 Å². The van der Waals surface area contributed by atoms with E-state index in [1.54, 1.807) is 6.92 Å². The first-order chi connectivity index (χ1) is 16.5. The Morgan fingerprint density at radius 3 is 2.46 bits per heavy atom. The molecule has 0 unspecified atom stereocenters. The van der Waals surface area contributed by atoms with Crippen LogP contribution in [0.25, 0.3) is 16.5 Å². The zero-order valence-corrected chi connectivity index (χ0v) is 19.3. The average molecular weight is 503 g/mol. The normalized spacial score (nSPS) is 14.0. The fourth-order valence-electron chi connectivity index (χ4n) is 4.18. The number of hydrogen-bond acceptors (Lipinski definition) is 9. The largest absolute Gasteiger partial charge is 0.433 e. The van der Waals surface area contributed by atoms with Crippen LogP contribution in [-0.4, -0.2) is 38.7 Å². The smallest absolute Gasteiger partial charge is 0.404 e. The second-order valence-electron chi connectivity index (χ2n) is 7.96. The van der Waals surface area contributed by atoms with E-state index in [-0.39, 0.29) is 27.6 Å². The van der Waals surface area contributed by atoms with Gasteiger partial charge in [0.25, 0.3) is 5.91 Å². The van der Waals surface area contributed by atoms with E-state index >= 15 is 0 Å². The molecular weight excluding hydrogens is 481 g/mol. The number of benzene rings is 1. The monoisotopic (exact) mass is 502 g/mol. The molecule has 0 saturated carbocycles. The minimum Gasteiger partial charge on any atom is -0.404 e.